The molecule has 0 bridgehead atoms. The first-order chi connectivity index (χ1) is 13.3. The quantitative estimate of drug-likeness (QED) is 0.730. The molecule has 0 unspecified atom stereocenters. The second-order valence-corrected chi connectivity index (χ2v) is 8.24. The van der Waals surface area contributed by atoms with Gasteiger partial charge in [0.2, 0.25) is 0 Å². The molecule has 1 aliphatic carbocycles. The van der Waals surface area contributed by atoms with Crippen LogP contribution in [0.25, 0.3) is 0 Å². The molecule has 0 radical (unpaired) electrons. The van der Waals surface area contributed by atoms with E-state index >= 15 is 0 Å². The number of rotatable bonds is 2. The topological polar surface area (TPSA) is 70.6 Å². The second-order valence-electron chi connectivity index (χ2n) is 8.24. The maximum absolute atomic E-state index is 13.8. The summed E-state index contributed by atoms with van der Waals surface area (Å²) in [5.74, 6) is 0.226. The molecular formula is C22H25FN2O3. The number of benzene rings is 2. The molecule has 0 aromatic heterocycles. The lowest BCUT2D eigenvalue weighted by molar-refractivity contribution is 0.0680. The van der Waals surface area contributed by atoms with E-state index < -0.39 is 5.60 Å². The number of carbonyl (C=O) groups excluding carboxylic acids is 1. The first-order valence-electron chi connectivity index (χ1n) is 9.65. The summed E-state index contributed by atoms with van der Waals surface area (Å²) in [6, 6.07) is 9.45. The maximum Gasteiger partial charge on any atom is 0.319 e. The number of nitrogens with one attached hydrogen (secondary N) is 2. The van der Waals surface area contributed by atoms with Crippen LogP contribution in [0, 0.1) is 5.82 Å². The van der Waals surface area contributed by atoms with Gasteiger partial charge in [0.1, 0.15) is 17.2 Å². The van der Waals surface area contributed by atoms with Gasteiger partial charge in [-0.2, -0.15) is 0 Å². The monoisotopic (exact) mass is 384 g/mol. The molecule has 1 heterocycles. The van der Waals surface area contributed by atoms with E-state index in [9.17, 15) is 14.3 Å². The third kappa shape index (κ3) is 3.83. The number of hydrogen-bond acceptors (Lipinski definition) is 3. The molecule has 1 aliphatic heterocycles. The minimum absolute atomic E-state index is 0.355. The molecule has 3 N–H and O–H groups in total. The van der Waals surface area contributed by atoms with Crippen LogP contribution in [0.2, 0.25) is 0 Å². The second kappa shape index (κ2) is 7.09. The van der Waals surface area contributed by atoms with Gasteiger partial charge in [-0.15, -0.1) is 0 Å². The molecule has 0 saturated heterocycles. The molecule has 2 aliphatic rings. The van der Waals surface area contributed by atoms with Crippen LogP contribution in [0.1, 0.15) is 49.4 Å². The number of hydrogen-bond donors (Lipinski definition) is 3. The molecular weight excluding hydrogens is 359 g/mol. The Labute approximate surface area is 163 Å². The van der Waals surface area contributed by atoms with E-state index in [1.807, 2.05) is 32.0 Å². The highest BCUT2D eigenvalue weighted by molar-refractivity contribution is 5.90. The lowest BCUT2D eigenvalue weighted by Gasteiger charge is -2.38. The lowest BCUT2D eigenvalue weighted by Crippen LogP contribution is -2.42. The third-order valence-corrected chi connectivity index (χ3v) is 5.44. The van der Waals surface area contributed by atoms with Crippen molar-refractivity contribution in [3.8, 4) is 5.75 Å². The Kier molecular flexibility index (Phi) is 4.75. The zero-order valence-electron chi connectivity index (χ0n) is 16.1. The number of aliphatic hydroxyl groups excluding tert-OH is 1. The van der Waals surface area contributed by atoms with Gasteiger partial charge in [-0.05, 0) is 62.1 Å². The normalized spacial score (nSPS) is 22.4. The van der Waals surface area contributed by atoms with Crippen molar-refractivity contribution >= 4 is 11.7 Å². The van der Waals surface area contributed by atoms with E-state index in [1.54, 1.807) is 6.07 Å². The smallest absolute Gasteiger partial charge is 0.319 e. The summed E-state index contributed by atoms with van der Waals surface area (Å²) in [6.45, 7) is 3.89. The van der Waals surface area contributed by atoms with E-state index in [-0.39, 0.29) is 24.0 Å². The number of ether oxygens (including phenoxy) is 1. The van der Waals surface area contributed by atoms with Crippen molar-refractivity contribution in [2.45, 2.75) is 57.3 Å². The molecule has 148 valence electrons. The van der Waals surface area contributed by atoms with Crippen LogP contribution in [-0.2, 0) is 12.8 Å². The Bertz CT molecular complexity index is 913. The van der Waals surface area contributed by atoms with E-state index in [2.05, 4.69) is 10.6 Å². The Morgan fingerprint density at radius 3 is 2.93 bits per heavy atom. The predicted octanol–water partition coefficient (Wildman–Crippen LogP) is 4.10. The summed E-state index contributed by atoms with van der Waals surface area (Å²) in [4.78, 5) is 12.7. The highest BCUT2D eigenvalue weighted by Gasteiger charge is 2.35. The van der Waals surface area contributed by atoms with E-state index in [0.717, 1.165) is 24.0 Å². The maximum atomic E-state index is 13.8. The number of anilines is 1. The van der Waals surface area contributed by atoms with Crippen LogP contribution in [0.4, 0.5) is 14.9 Å². The van der Waals surface area contributed by atoms with Gasteiger partial charge in [0, 0.05) is 24.1 Å². The molecule has 28 heavy (non-hydrogen) atoms. The van der Waals surface area contributed by atoms with Gasteiger partial charge >= 0.3 is 6.03 Å². The number of urea groups is 1. The van der Waals surface area contributed by atoms with Crippen molar-refractivity contribution in [1.82, 2.24) is 5.32 Å². The molecule has 0 fully saturated rings. The van der Waals surface area contributed by atoms with Crippen molar-refractivity contribution in [2.24, 2.45) is 0 Å². The number of amides is 2. The summed E-state index contributed by atoms with van der Waals surface area (Å²) in [6.07, 6.45) is 2.22. The van der Waals surface area contributed by atoms with Crippen molar-refractivity contribution in [2.75, 3.05) is 5.32 Å². The summed E-state index contributed by atoms with van der Waals surface area (Å²) < 4.78 is 19.7. The standard InChI is InChI=1S/C22H25FN2O3/c1-22(2)12-19(17-10-14(23)7-9-20(17)28-22)25-21(27)24-18-5-3-4-13-6-8-15(26)11-16(13)18/h3-5,7,9-10,15,19,26H,6,8,11-12H2,1-2H3,(H2,24,25,27)/t15-,19-/m1/s1. The zero-order chi connectivity index (χ0) is 19.9. The molecule has 0 spiro atoms. The number of fused-ring (bicyclic) bond motifs is 2. The van der Waals surface area contributed by atoms with Gasteiger partial charge < -0.3 is 20.5 Å². The summed E-state index contributed by atoms with van der Waals surface area (Å²) >= 11 is 0. The van der Waals surface area contributed by atoms with Crippen molar-refractivity contribution in [3.63, 3.8) is 0 Å². The van der Waals surface area contributed by atoms with Crippen LogP contribution < -0.4 is 15.4 Å². The number of carbonyl (C=O) groups is 1. The van der Waals surface area contributed by atoms with Crippen LogP contribution in [-0.4, -0.2) is 22.8 Å². The zero-order valence-corrected chi connectivity index (χ0v) is 16.1. The van der Waals surface area contributed by atoms with Crippen molar-refractivity contribution < 1.29 is 19.0 Å². The largest absolute Gasteiger partial charge is 0.487 e. The number of halogens is 1. The highest BCUT2D eigenvalue weighted by Crippen LogP contribution is 2.39. The minimum atomic E-state index is -0.473. The summed E-state index contributed by atoms with van der Waals surface area (Å²) in [5.41, 5.74) is 3.01. The van der Waals surface area contributed by atoms with E-state index in [0.29, 0.717) is 29.8 Å². The van der Waals surface area contributed by atoms with E-state index in [1.165, 1.54) is 12.1 Å². The van der Waals surface area contributed by atoms with Gasteiger partial charge in [-0.3, -0.25) is 0 Å². The molecule has 2 aromatic rings. The Morgan fingerprint density at radius 1 is 1.29 bits per heavy atom. The van der Waals surface area contributed by atoms with Gasteiger partial charge in [0.05, 0.1) is 12.1 Å². The van der Waals surface area contributed by atoms with E-state index in [4.69, 9.17) is 4.74 Å². The Morgan fingerprint density at radius 2 is 2.11 bits per heavy atom. The molecule has 2 atom stereocenters. The average Bonchev–Trinajstić information content (AvgIpc) is 2.62. The number of aryl methyl sites for hydroxylation is 1. The predicted molar refractivity (Wildman–Crippen MR) is 105 cm³/mol. The van der Waals surface area contributed by atoms with Gasteiger partial charge in [0.25, 0.3) is 0 Å². The molecule has 0 saturated carbocycles. The van der Waals surface area contributed by atoms with Crippen LogP contribution in [0.15, 0.2) is 36.4 Å². The van der Waals surface area contributed by atoms with Gasteiger partial charge in [-0.25, -0.2) is 9.18 Å². The molecule has 6 heteroatoms. The lowest BCUT2D eigenvalue weighted by atomic mass is 9.88. The number of aliphatic hydroxyl groups is 1. The Hall–Kier alpha value is -2.60. The first-order valence-corrected chi connectivity index (χ1v) is 9.65. The van der Waals surface area contributed by atoms with Crippen LogP contribution >= 0.6 is 0 Å². The fourth-order valence-electron chi connectivity index (χ4n) is 4.16. The average molecular weight is 384 g/mol. The van der Waals surface area contributed by atoms with Gasteiger partial charge in [-0.1, -0.05) is 12.1 Å². The Balaban J connectivity index is 1.54. The first kappa shape index (κ1) is 18.7. The van der Waals surface area contributed by atoms with Crippen LogP contribution in [0.5, 0.6) is 5.75 Å². The van der Waals surface area contributed by atoms with Gasteiger partial charge in [0.15, 0.2) is 0 Å². The fraction of sp³-hybridized carbons (Fsp3) is 0.409. The highest BCUT2D eigenvalue weighted by atomic mass is 19.1. The van der Waals surface area contributed by atoms with Crippen molar-refractivity contribution in [1.29, 1.82) is 0 Å². The molecule has 2 amide bonds. The van der Waals surface area contributed by atoms with Crippen LogP contribution in [0.3, 0.4) is 0 Å². The van der Waals surface area contributed by atoms with Crippen molar-refractivity contribution in [3.05, 3.63) is 58.9 Å². The SMILES string of the molecule is CC1(C)C[C@@H](NC(=O)Nc2cccc3c2C[C@H](O)CC3)c2cc(F)ccc2O1. The third-order valence-electron chi connectivity index (χ3n) is 5.44. The fourth-order valence-corrected chi connectivity index (χ4v) is 4.16. The molecule has 4 rings (SSSR count). The summed E-state index contributed by atoms with van der Waals surface area (Å²) in [5, 5.41) is 15.9. The molecule has 5 nitrogen and oxygen atoms in total. The molecule has 2 aromatic carbocycles. The minimum Gasteiger partial charge on any atom is -0.487 e. The summed E-state index contributed by atoms with van der Waals surface area (Å²) in [7, 11) is 0.